The number of nitrogens with one attached hydrogen (secondary N) is 2. The first-order chi connectivity index (χ1) is 19.9. The molecule has 0 aromatic heterocycles. The number of likely N-dealkylation sites (N-methyl/N-ethyl adjacent to an activating group) is 1. The molecule has 1 aliphatic heterocycles. The number of β-amino-alcohol motifs (C(OH)–C–C–N with tert-alkyl or cyclic N) is 1. The maximum atomic E-state index is 14.2. The SMILES string of the molecule is C[C@@H](C(=O)N[C@H](C(=O)N1C[C@@H](O)C[C@H]1C(=O)N[C@@H]1CCCc2ccccc21)C1CCCCC1)N(C)C(=O)OC(C)(C)C. The van der Waals surface area contributed by atoms with Gasteiger partial charge in [0, 0.05) is 20.0 Å². The summed E-state index contributed by atoms with van der Waals surface area (Å²) in [5.41, 5.74) is 1.61. The van der Waals surface area contributed by atoms with E-state index in [1.165, 1.54) is 22.4 Å². The van der Waals surface area contributed by atoms with Crippen LogP contribution >= 0.6 is 0 Å². The summed E-state index contributed by atoms with van der Waals surface area (Å²) in [4.78, 5) is 56.5. The number of carbonyl (C=O) groups is 4. The van der Waals surface area contributed by atoms with Crippen LogP contribution in [-0.4, -0.2) is 82.1 Å². The zero-order chi connectivity index (χ0) is 30.6. The van der Waals surface area contributed by atoms with Gasteiger partial charge in [-0.05, 0) is 76.8 Å². The molecule has 1 saturated heterocycles. The molecular weight excluding hydrogens is 536 g/mol. The number of ether oxygens (including phenoxy) is 1. The number of carbonyl (C=O) groups excluding carboxylic acids is 4. The fraction of sp³-hybridized carbons (Fsp3) is 0.688. The molecule has 1 saturated carbocycles. The minimum atomic E-state index is -0.881. The summed E-state index contributed by atoms with van der Waals surface area (Å²) >= 11 is 0. The quantitative estimate of drug-likeness (QED) is 0.450. The predicted octanol–water partition coefficient (Wildman–Crippen LogP) is 3.46. The molecule has 10 heteroatoms. The molecule has 5 atom stereocenters. The highest BCUT2D eigenvalue weighted by Crippen LogP contribution is 2.32. The lowest BCUT2D eigenvalue weighted by atomic mass is 9.83. The van der Waals surface area contributed by atoms with Crippen LogP contribution in [0.5, 0.6) is 0 Å². The molecule has 0 spiro atoms. The van der Waals surface area contributed by atoms with E-state index in [1.807, 2.05) is 18.2 Å². The smallest absolute Gasteiger partial charge is 0.410 e. The number of aryl methyl sites for hydroxylation is 1. The average molecular weight is 585 g/mol. The van der Waals surface area contributed by atoms with Gasteiger partial charge < -0.3 is 25.4 Å². The molecule has 3 N–H and O–H groups in total. The van der Waals surface area contributed by atoms with Crippen molar-refractivity contribution in [2.75, 3.05) is 13.6 Å². The standard InChI is InChI=1S/C32H48N4O6/c1-20(35(5)31(41)42-32(2,3)4)28(38)34-27(22-13-7-6-8-14-22)30(40)36-19-23(37)18-26(36)29(39)33-25-17-11-15-21-12-9-10-16-24(21)25/h9-10,12,16,20,22-23,25-27,37H,6-8,11,13-15,17-19H2,1-5H3,(H,33,39)(H,34,38)/t20-,23-,25+,26-,27-/m0/s1. The minimum Gasteiger partial charge on any atom is -0.444 e. The molecule has 0 radical (unpaired) electrons. The summed E-state index contributed by atoms with van der Waals surface area (Å²) in [6.45, 7) is 6.89. The van der Waals surface area contributed by atoms with Crippen molar-refractivity contribution in [2.24, 2.45) is 5.92 Å². The second-order valence-electron chi connectivity index (χ2n) is 13.2. The number of likely N-dealkylation sites (tertiary alicyclic amines) is 1. The maximum Gasteiger partial charge on any atom is 0.410 e. The summed E-state index contributed by atoms with van der Waals surface area (Å²) in [5, 5.41) is 16.7. The van der Waals surface area contributed by atoms with Crippen LogP contribution in [0.3, 0.4) is 0 Å². The summed E-state index contributed by atoms with van der Waals surface area (Å²) in [7, 11) is 1.50. The van der Waals surface area contributed by atoms with Gasteiger partial charge in [-0.15, -0.1) is 0 Å². The molecule has 4 rings (SSSR count). The fourth-order valence-electron chi connectivity index (χ4n) is 6.45. The van der Waals surface area contributed by atoms with E-state index in [-0.39, 0.29) is 36.7 Å². The van der Waals surface area contributed by atoms with Gasteiger partial charge in [-0.3, -0.25) is 19.3 Å². The van der Waals surface area contributed by atoms with Gasteiger partial charge in [0.25, 0.3) is 0 Å². The van der Waals surface area contributed by atoms with Gasteiger partial charge >= 0.3 is 6.09 Å². The van der Waals surface area contributed by atoms with Crippen molar-refractivity contribution in [3.8, 4) is 0 Å². The van der Waals surface area contributed by atoms with Crippen molar-refractivity contribution < 1.29 is 29.0 Å². The van der Waals surface area contributed by atoms with E-state index < -0.39 is 41.8 Å². The number of nitrogens with zero attached hydrogens (tertiary/aromatic N) is 2. The Kier molecular flexibility index (Phi) is 10.2. The number of aliphatic hydroxyl groups excluding tert-OH is 1. The van der Waals surface area contributed by atoms with Gasteiger partial charge in [0.1, 0.15) is 23.7 Å². The van der Waals surface area contributed by atoms with Gasteiger partial charge in [0.2, 0.25) is 17.7 Å². The van der Waals surface area contributed by atoms with Crippen molar-refractivity contribution >= 4 is 23.8 Å². The van der Waals surface area contributed by atoms with Crippen LogP contribution in [0, 0.1) is 5.92 Å². The minimum absolute atomic E-state index is 0.0324. The summed E-state index contributed by atoms with van der Waals surface area (Å²) in [6, 6.07) is 5.38. The Morgan fingerprint density at radius 2 is 1.74 bits per heavy atom. The molecule has 1 aromatic rings. The first-order valence-electron chi connectivity index (χ1n) is 15.5. The van der Waals surface area contributed by atoms with E-state index in [1.54, 1.807) is 27.7 Å². The highest BCUT2D eigenvalue weighted by molar-refractivity contribution is 5.94. The number of rotatable bonds is 7. The van der Waals surface area contributed by atoms with Crippen molar-refractivity contribution in [1.82, 2.24) is 20.4 Å². The highest BCUT2D eigenvalue weighted by atomic mass is 16.6. The molecule has 10 nitrogen and oxygen atoms in total. The normalized spacial score (nSPS) is 24.2. The van der Waals surface area contributed by atoms with Crippen molar-refractivity contribution in [2.45, 2.75) is 121 Å². The van der Waals surface area contributed by atoms with E-state index in [9.17, 15) is 24.3 Å². The molecule has 2 aliphatic carbocycles. The third kappa shape index (κ3) is 7.62. The summed E-state index contributed by atoms with van der Waals surface area (Å²) < 4.78 is 5.42. The zero-order valence-corrected chi connectivity index (χ0v) is 25.7. The molecular formula is C32H48N4O6. The Morgan fingerprint density at radius 3 is 2.43 bits per heavy atom. The maximum absolute atomic E-state index is 14.2. The Labute approximate surface area is 249 Å². The third-order valence-electron chi connectivity index (χ3n) is 8.88. The lowest BCUT2D eigenvalue weighted by Crippen LogP contribution is -2.59. The lowest BCUT2D eigenvalue weighted by molar-refractivity contribution is -0.143. The van der Waals surface area contributed by atoms with Crippen LogP contribution in [0.15, 0.2) is 24.3 Å². The van der Waals surface area contributed by atoms with Crippen LogP contribution in [0.1, 0.15) is 96.2 Å². The molecule has 232 valence electrons. The summed E-state index contributed by atoms with van der Waals surface area (Å²) in [5.74, 6) is -1.20. The van der Waals surface area contributed by atoms with Gasteiger partial charge in [-0.1, -0.05) is 43.5 Å². The Hall–Kier alpha value is -3.14. The second kappa shape index (κ2) is 13.4. The molecule has 0 unspecified atom stereocenters. The monoisotopic (exact) mass is 584 g/mol. The first kappa shape index (κ1) is 31.8. The third-order valence-corrected chi connectivity index (χ3v) is 8.88. The van der Waals surface area contributed by atoms with E-state index >= 15 is 0 Å². The Morgan fingerprint density at radius 1 is 1.05 bits per heavy atom. The molecule has 2 fully saturated rings. The van der Waals surface area contributed by atoms with Gasteiger partial charge in [-0.2, -0.15) is 0 Å². The fourth-order valence-corrected chi connectivity index (χ4v) is 6.45. The number of hydrogen-bond donors (Lipinski definition) is 3. The molecule has 1 aromatic carbocycles. The Balaban J connectivity index is 1.50. The van der Waals surface area contributed by atoms with Crippen LogP contribution in [0.25, 0.3) is 0 Å². The number of aliphatic hydroxyl groups is 1. The van der Waals surface area contributed by atoms with Crippen molar-refractivity contribution in [3.63, 3.8) is 0 Å². The van der Waals surface area contributed by atoms with Gasteiger partial charge in [0.15, 0.2) is 0 Å². The number of benzene rings is 1. The van der Waals surface area contributed by atoms with E-state index in [2.05, 4.69) is 16.7 Å². The second-order valence-corrected chi connectivity index (χ2v) is 13.2. The van der Waals surface area contributed by atoms with E-state index in [4.69, 9.17) is 4.74 Å². The molecule has 42 heavy (non-hydrogen) atoms. The number of hydrogen-bond acceptors (Lipinski definition) is 6. The number of fused-ring (bicyclic) bond motifs is 1. The first-order valence-corrected chi connectivity index (χ1v) is 15.5. The average Bonchev–Trinajstić information content (AvgIpc) is 3.36. The van der Waals surface area contributed by atoms with Crippen molar-refractivity contribution in [1.29, 1.82) is 0 Å². The Bertz CT molecular complexity index is 1140. The largest absolute Gasteiger partial charge is 0.444 e. The predicted molar refractivity (Wildman–Crippen MR) is 158 cm³/mol. The number of amides is 4. The van der Waals surface area contributed by atoms with Crippen LogP contribution in [-0.2, 0) is 25.5 Å². The molecule has 1 heterocycles. The summed E-state index contributed by atoms with van der Waals surface area (Å²) in [6.07, 6.45) is 5.96. The van der Waals surface area contributed by atoms with E-state index in [0.29, 0.717) is 0 Å². The van der Waals surface area contributed by atoms with E-state index in [0.717, 1.165) is 56.9 Å². The zero-order valence-electron chi connectivity index (χ0n) is 25.7. The molecule has 3 aliphatic rings. The van der Waals surface area contributed by atoms with Gasteiger partial charge in [-0.25, -0.2) is 4.79 Å². The topological polar surface area (TPSA) is 128 Å². The molecule has 4 amide bonds. The van der Waals surface area contributed by atoms with Crippen LogP contribution < -0.4 is 10.6 Å². The van der Waals surface area contributed by atoms with Gasteiger partial charge in [0.05, 0.1) is 12.1 Å². The van der Waals surface area contributed by atoms with Crippen molar-refractivity contribution in [3.05, 3.63) is 35.4 Å². The molecule has 0 bridgehead atoms. The van der Waals surface area contributed by atoms with Crippen LogP contribution in [0.4, 0.5) is 4.79 Å². The lowest BCUT2D eigenvalue weighted by Gasteiger charge is -2.36. The highest BCUT2D eigenvalue weighted by Gasteiger charge is 2.44. The van der Waals surface area contributed by atoms with Crippen LogP contribution in [0.2, 0.25) is 0 Å².